The number of nitrogens with zero attached hydrogens (tertiary/aromatic N) is 1. The van der Waals surface area contributed by atoms with Gasteiger partial charge in [-0.1, -0.05) is 47.5 Å². The topological polar surface area (TPSA) is 38.8 Å². The summed E-state index contributed by atoms with van der Waals surface area (Å²) in [7, 11) is 0. The molecule has 0 bridgehead atoms. The van der Waals surface area contributed by atoms with Crippen molar-refractivity contribution in [3.8, 4) is 0 Å². The van der Waals surface area contributed by atoms with Crippen LogP contribution in [-0.4, -0.2) is 23.6 Å². The van der Waals surface area contributed by atoms with Crippen molar-refractivity contribution in [3.05, 3.63) is 69.7 Å². The molecule has 4 nitrogen and oxygen atoms in total. The zero-order chi connectivity index (χ0) is 16.4. The van der Waals surface area contributed by atoms with Gasteiger partial charge in [0.1, 0.15) is 0 Å². The number of rotatable bonds is 2. The van der Waals surface area contributed by atoms with E-state index < -0.39 is 6.29 Å². The molecule has 1 aliphatic heterocycles. The van der Waals surface area contributed by atoms with Gasteiger partial charge in [-0.15, -0.1) is 0 Å². The second-order valence-corrected chi connectivity index (χ2v) is 6.13. The van der Waals surface area contributed by atoms with Gasteiger partial charge < -0.3 is 4.74 Å². The molecule has 3 rings (SSSR count). The Bertz CT molecular complexity index is 708. The molecule has 1 amide bonds. The second-order valence-electron chi connectivity index (χ2n) is 5.28. The van der Waals surface area contributed by atoms with Gasteiger partial charge >= 0.3 is 0 Å². The lowest BCUT2D eigenvalue weighted by Crippen LogP contribution is -2.44. The van der Waals surface area contributed by atoms with E-state index in [-0.39, 0.29) is 12.0 Å². The van der Waals surface area contributed by atoms with Crippen molar-refractivity contribution in [1.82, 2.24) is 5.06 Å². The SMILES string of the molecule is C[C@H]1CN(C(=O)c2ccccc2)O[C@@H](c2ccc(Cl)cc2Cl)O1. The number of carbonyl (C=O) groups is 1. The summed E-state index contributed by atoms with van der Waals surface area (Å²) in [6, 6.07) is 14.0. The fourth-order valence-corrected chi connectivity index (χ4v) is 2.85. The number of hydrogen-bond acceptors (Lipinski definition) is 3. The van der Waals surface area contributed by atoms with Crippen LogP contribution in [0.15, 0.2) is 48.5 Å². The van der Waals surface area contributed by atoms with E-state index in [1.807, 2.05) is 25.1 Å². The van der Waals surface area contributed by atoms with Gasteiger partial charge in [0, 0.05) is 16.1 Å². The fraction of sp³-hybridized carbons (Fsp3) is 0.235. The van der Waals surface area contributed by atoms with Crippen LogP contribution in [0.4, 0.5) is 0 Å². The molecule has 1 aliphatic rings. The number of hydrogen-bond donors (Lipinski definition) is 0. The molecule has 23 heavy (non-hydrogen) atoms. The molecule has 2 aromatic carbocycles. The maximum Gasteiger partial charge on any atom is 0.277 e. The molecule has 0 aliphatic carbocycles. The first-order valence-electron chi connectivity index (χ1n) is 7.18. The van der Waals surface area contributed by atoms with Crippen LogP contribution in [0.25, 0.3) is 0 Å². The smallest absolute Gasteiger partial charge is 0.277 e. The van der Waals surface area contributed by atoms with Crippen molar-refractivity contribution in [2.24, 2.45) is 0 Å². The fourth-order valence-electron chi connectivity index (χ4n) is 2.35. The largest absolute Gasteiger partial charge is 0.341 e. The predicted molar refractivity (Wildman–Crippen MR) is 88.3 cm³/mol. The summed E-state index contributed by atoms with van der Waals surface area (Å²) in [6.45, 7) is 2.22. The number of ether oxygens (including phenoxy) is 1. The molecule has 2 aromatic rings. The predicted octanol–water partition coefficient (Wildman–Crippen LogP) is 4.48. The van der Waals surface area contributed by atoms with E-state index in [1.54, 1.807) is 30.3 Å². The van der Waals surface area contributed by atoms with Crippen LogP contribution >= 0.6 is 23.2 Å². The van der Waals surface area contributed by atoms with Crippen molar-refractivity contribution < 1.29 is 14.4 Å². The number of benzene rings is 2. The van der Waals surface area contributed by atoms with Crippen LogP contribution < -0.4 is 0 Å². The molecule has 0 N–H and O–H groups in total. The quantitative estimate of drug-likeness (QED) is 0.800. The normalized spacial score (nSPS) is 21.3. The van der Waals surface area contributed by atoms with E-state index in [0.717, 1.165) is 0 Å². The molecule has 0 saturated carbocycles. The Morgan fingerprint density at radius 3 is 2.61 bits per heavy atom. The van der Waals surface area contributed by atoms with Gasteiger partial charge in [0.05, 0.1) is 17.7 Å². The van der Waals surface area contributed by atoms with Gasteiger partial charge in [-0.25, -0.2) is 9.90 Å². The molecule has 0 aromatic heterocycles. The van der Waals surface area contributed by atoms with E-state index in [2.05, 4.69) is 0 Å². The van der Waals surface area contributed by atoms with E-state index in [0.29, 0.717) is 27.7 Å². The Kier molecular flexibility index (Phi) is 4.87. The third-order valence-corrected chi connectivity index (χ3v) is 4.03. The first kappa shape index (κ1) is 16.3. The average Bonchev–Trinajstić information content (AvgIpc) is 2.54. The summed E-state index contributed by atoms with van der Waals surface area (Å²) < 4.78 is 5.77. The summed E-state index contributed by atoms with van der Waals surface area (Å²) >= 11 is 12.1. The van der Waals surface area contributed by atoms with Crippen LogP contribution in [0.2, 0.25) is 10.0 Å². The first-order valence-corrected chi connectivity index (χ1v) is 7.94. The number of amides is 1. The number of carbonyl (C=O) groups excluding carboxylic acids is 1. The van der Waals surface area contributed by atoms with Crippen LogP contribution in [0.1, 0.15) is 29.1 Å². The van der Waals surface area contributed by atoms with E-state index >= 15 is 0 Å². The molecule has 0 unspecified atom stereocenters. The molecule has 0 radical (unpaired) electrons. The third-order valence-electron chi connectivity index (χ3n) is 3.47. The summed E-state index contributed by atoms with van der Waals surface area (Å²) in [5.74, 6) is -0.212. The minimum atomic E-state index is -0.754. The molecular formula is C17H15Cl2NO3. The summed E-state index contributed by atoms with van der Waals surface area (Å²) in [6.07, 6.45) is -0.940. The Labute approximate surface area is 144 Å². The first-order chi connectivity index (χ1) is 11.0. The standard InChI is InChI=1S/C17H15Cl2NO3/c1-11-10-20(16(21)12-5-3-2-4-6-12)23-17(22-11)14-8-7-13(18)9-15(14)19/h2-9,11,17H,10H2,1H3/t11-,17-/m0/s1. The maximum absolute atomic E-state index is 12.6. The van der Waals surface area contributed by atoms with Crippen LogP contribution in [0.5, 0.6) is 0 Å². The average molecular weight is 352 g/mol. The van der Waals surface area contributed by atoms with Gasteiger partial charge in [-0.3, -0.25) is 4.79 Å². The highest BCUT2D eigenvalue weighted by atomic mass is 35.5. The van der Waals surface area contributed by atoms with Gasteiger partial charge in [-0.05, 0) is 31.2 Å². The maximum atomic E-state index is 12.6. The highest BCUT2D eigenvalue weighted by molar-refractivity contribution is 6.35. The Hall–Kier alpha value is -1.59. The summed E-state index contributed by atoms with van der Waals surface area (Å²) in [4.78, 5) is 18.3. The minimum absolute atomic E-state index is 0.187. The number of halogens is 2. The lowest BCUT2D eigenvalue weighted by Gasteiger charge is -2.36. The lowest BCUT2D eigenvalue weighted by atomic mass is 10.2. The van der Waals surface area contributed by atoms with Gasteiger partial charge in [0.2, 0.25) is 6.29 Å². The third kappa shape index (κ3) is 3.67. The van der Waals surface area contributed by atoms with Gasteiger partial charge in [0.15, 0.2) is 0 Å². The van der Waals surface area contributed by atoms with Gasteiger partial charge in [-0.2, -0.15) is 0 Å². The Morgan fingerprint density at radius 1 is 1.17 bits per heavy atom. The van der Waals surface area contributed by atoms with E-state index in [1.165, 1.54) is 5.06 Å². The highest BCUT2D eigenvalue weighted by Gasteiger charge is 2.32. The Balaban J connectivity index is 1.83. The van der Waals surface area contributed by atoms with Crippen molar-refractivity contribution in [2.75, 3.05) is 6.54 Å². The molecular weight excluding hydrogens is 337 g/mol. The van der Waals surface area contributed by atoms with Crippen molar-refractivity contribution >= 4 is 29.1 Å². The molecule has 6 heteroatoms. The van der Waals surface area contributed by atoms with E-state index in [9.17, 15) is 4.79 Å². The second kappa shape index (κ2) is 6.89. The van der Waals surface area contributed by atoms with Crippen LogP contribution in [0, 0.1) is 0 Å². The van der Waals surface area contributed by atoms with E-state index in [4.69, 9.17) is 32.8 Å². The zero-order valence-electron chi connectivity index (χ0n) is 12.4. The zero-order valence-corrected chi connectivity index (χ0v) is 13.9. The molecule has 120 valence electrons. The van der Waals surface area contributed by atoms with Crippen LogP contribution in [0.3, 0.4) is 0 Å². The summed E-state index contributed by atoms with van der Waals surface area (Å²) in [5.41, 5.74) is 1.19. The number of hydroxylamine groups is 2. The molecule has 2 atom stereocenters. The van der Waals surface area contributed by atoms with Gasteiger partial charge in [0.25, 0.3) is 5.91 Å². The monoisotopic (exact) mass is 351 g/mol. The lowest BCUT2D eigenvalue weighted by molar-refractivity contribution is -0.320. The molecule has 0 spiro atoms. The van der Waals surface area contributed by atoms with Crippen LogP contribution in [-0.2, 0) is 9.57 Å². The van der Waals surface area contributed by atoms with Crippen molar-refractivity contribution in [3.63, 3.8) is 0 Å². The van der Waals surface area contributed by atoms with Crippen molar-refractivity contribution in [1.29, 1.82) is 0 Å². The molecule has 1 heterocycles. The molecule has 1 fully saturated rings. The minimum Gasteiger partial charge on any atom is -0.341 e. The Morgan fingerprint density at radius 2 is 1.91 bits per heavy atom. The highest BCUT2D eigenvalue weighted by Crippen LogP contribution is 2.33. The summed E-state index contributed by atoms with van der Waals surface area (Å²) in [5, 5.41) is 2.28. The molecule has 1 saturated heterocycles. The van der Waals surface area contributed by atoms with Crippen molar-refractivity contribution in [2.45, 2.75) is 19.3 Å².